The van der Waals surface area contributed by atoms with Gasteiger partial charge < -0.3 is 5.11 Å². The maximum absolute atomic E-state index is 10.5. The second kappa shape index (κ2) is 4.39. The smallest absolute Gasteiger partial charge is 0.321 e. The van der Waals surface area contributed by atoms with E-state index in [1.54, 1.807) is 11.8 Å². The van der Waals surface area contributed by atoms with Gasteiger partial charge in [0.25, 0.3) is 0 Å². The fourth-order valence-corrected chi connectivity index (χ4v) is 2.82. The van der Waals surface area contributed by atoms with Crippen molar-refractivity contribution in [2.75, 3.05) is 5.75 Å². The normalized spacial score (nSPS) is 31.8. The first-order chi connectivity index (χ1) is 5.59. The van der Waals surface area contributed by atoms with Crippen molar-refractivity contribution in [1.29, 1.82) is 0 Å². The second-order valence-corrected chi connectivity index (χ2v) is 5.08. The Hall–Kier alpha value is 0.130. The number of nitrogens with one attached hydrogen (secondary N) is 1. The molecule has 0 aromatic carbocycles. The van der Waals surface area contributed by atoms with Gasteiger partial charge in [-0.05, 0) is 6.42 Å². The van der Waals surface area contributed by atoms with Gasteiger partial charge in [-0.2, -0.15) is 12.6 Å². The number of hydrogen-bond acceptors (Lipinski definition) is 4. The lowest BCUT2D eigenvalue weighted by atomic mass is 10.3. The molecule has 1 aliphatic rings. The average molecular weight is 207 g/mol. The summed E-state index contributed by atoms with van der Waals surface area (Å²) < 4.78 is 0. The molecule has 2 N–H and O–H groups in total. The molecule has 12 heavy (non-hydrogen) atoms. The molecule has 0 aliphatic carbocycles. The van der Waals surface area contributed by atoms with E-state index < -0.39 is 5.97 Å². The Balaban J connectivity index is 2.30. The predicted octanol–water partition coefficient (Wildman–Crippen LogP) is 0.810. The first kappa shape index (κ1) is 10.2. The summed E-state index contributed by atoms with van der Waals surface area (Å²) in [5, 5.41) is 12.3. The molecule has 1 heterocycles. The number of carboxylic acid groups (broad SMARTS) is 1. The molecule has 70 valence electrons. The van der Waals surface area contributed by atoms with Gasteiger partial charge in [0, 0.05) is 11.0 Å². The molecule has 0 amide bonds. The van der Waals surface area contributed by atoms with Crippen molar-refractivity contribution in [3.8, 4) is 0 Å². The number of aliphatic carboxylic acids is 1. The number of rotatable bonds is 3. The maximum atomic E-state index is 10.5. The van der Waals surface area contributed by atoms with Gasteiger partial charge in [-0.1, -0.05) is 6.92 Å². The van der Waals surface area contributed by atoms with E-state index in [1.807, 2.05) is 6.92 Å². The molecule has 1 fully saturated rings. The molecule has 3 atom stereocenters. The number of hydrogen-bond donors (Lipinski definition) is 3. The van der Waals surface area contributed by atoms with Crippen LogP contribution in [0.5, 0.6) is 0 Å². The van der Waals surface area contributed by atoms with Crippen molar-refractivity contribution < 1.29 is 9.90 Å². The molecule has 3 unspecified atom stereocenters. The molecule has 0 aromatic heterocycles. The third-order valence-corrected chi connectivity index (χ3v) is 3.17. The van der Waals surface area contributed by atoms with Crippen LogP contribution in [0.1, 0.15) is 13.3 Å². The summed E-state index contributed by atoms with van der Waals surface area (Å²) in [7, 11) is 0. The third kappa shape index (κ3) is 2.88. The number of thioether (sulfide) groups is 1. The predicted molar refractivity (Wildman–Crippen MR) is 53.9 cm³/mol. The van der Waals surface area contributed by atoms with Gasteiger partial charge in [0.05, 0.1) is 5.37 Å². The minimum atomic E-state index is -0.753. The average Bonchev–Trinajstić information content (AvgIpc) is 2.34. The zero-order chi connectivity index (χ0) is 9.14. The summed E-state index contributed by atoms with van der Waals surface area (Å²) in [5.41, 5.74) is 0. The van der Waals surface area contributed by atoms with E-state index in [2.05, 4.69) is 17.9 Å². The van der Waals surface area contributed by atoms with E-state index in [-0.39, 0.29) is 11.4 Å². The second-order valence-electron chi connectivity index (χ2n) is 2.96. The first-order valence-electron chi connectivity index (χ1n) is 3.88. The van der Waals surface area contributed by atoms with Crippen LogP contribution in [0, 0.1) is 0 Å². The Bertz CT molecular complexity index is 175. The van der Waals surface area contributed by atoms with Crippen molar-refractivity contribution >= 4 is 30.4 Å². The molecule has 0 saturated carbocycles. The van der Waals surface area contributed by atoms with E-state index >= 15 is 0 Å². The Morgan fingerprint density at radius 1 is 1.92 bits per heavy atom. The first-order valence-corrected chi connectivity index (χ1v) is 5.44. The van der Waals surface area contributed by atoms with Crippen molar-refractivity contribution in [3.63, 3.8) is 0 Å². The highest BCUT2D eigenvalue weighted by Gasteiger charge is 2.29. The van der Waals surface area contributed by atoms with E-state index in [9.17, 15) is 4.79 Å². The summed E-state index contributed by atoms with van der Waals surface area (Å²) in [4.78, 5) is 10.5. The van der Waals surface area contributed by atoms with Crippen LogP contribution in [0.3, 0.4) is 0 Å². The number of thiol groups is 1. The van der Waals surface area contributed by atoms with Gasteiger partial charge in [0.2, 0.25) is 0 Å². The summed E-state index contributed by atoms with van der Waals surface area (Å²) in [6, 6.07) is -0.368. The number of carbonyl (C=O) groups is 1. The SMILES string of the molecule is CC(S)CC1NC(C(=O)O)CS1. The Labute approximate surface area is 81.7 Å². The maximum Gasteiger partial charge on any atom is 0.321 e. The van der Waals surface area contributed by atoms with Crippen LogP contribution in [0.15, 0.2) is 0 Å². The summed E-state index contributed by atoms with van der Waals surface area (Å²) in [6.07, 6.45) is 0.914. The molecule has 1 rings (SSSR count). The number of carboxylic acids is 1. The monoisotopic (exact) mass is 207 g/mol. The van der Waals surface area contributed by atoms with Crippen LogP contribution in [-0.2, 0) is 4.79 Å². The van der Waals surface area contributed by atoms with Crippen LogP contribution >= 0.6 is 24.4 Å². The fourth-order valence-electron chi connectivity index (χ4n) is 1.12. The summed E-state index contributed by atoms with van der Waals surface area (Å²) >= 11 is 5.92. The quantitative estimate of drug-likeness (QED) is 0.599. The topological polar surface area (TPSA) is 49.3 Å². The molecule has 0 aromatic rings. The van der Waals surface area contributed by atoms with Crippen molar-refractivity contribution in [1.82, 2.24) is 5.32 Å². The van der Waals surface area contributed by atoms with Crippen LogP contribution in [0.2, 0.25) is 0 Å². The minimum Gasteiger partial charge on any atom is -0.480 e. The lowest BCUT2D eigenvalue weighted by Crippen LogP contribution is -2.37. The lowest BCUT2D eigenvalue weighted by molar-refractivity contribution is -0.138. The molecular formula is C7H13NO2S2. The molecule has 5 heteroatoms. The molecule has 3 nitrogen and oxygen atoms in total. The Morgan fingerprint density at radius 2 is 2.58 bits per heavy atom. The molecule has 1 saturated heterocycles. The highest BCUT2D eigenvalue weighted by Crippen LogP contribution is 2.23. The highest BCUT2D eigenvalue weighted by atomic mass is 32.2. The zero-order valence-electron chi connectivity index (χ0n) is 6.86. The third-order valence-electron chi connectivity index (χ3n) is 1.70. The highest BCUT2D eigenvalue weighted by molar-refractivity contribution is 8.00. The van der Waals surface area contributed by atoms with Gasteiger partial charge in [-0.15, -0.1) is 11.8 Å². The van der Waals surface area contributed by atoms with Crippen molar-refractivity contribution in [2.45, 2.75) is 30.0 Å². The van der Waals surface area contributed by atoms with Gasteiger partial charge in [0.15, 0.2) is 0 Å². The van der Waals surface area contributed by atoms with E-state index in [4.69, 9.17) is 5.11 Å². The summed E-state index contributed by atoms with van der Waals surface area (Å²) in [5.74, 6) is -0.0858. The van der Waals surface area contributed by atoms with Crippen LogP contribution in [-0.4, -0.2) is 33.5 Å². The van der Waals surface area contributed by atoms with Gasteiger partial charge in [-0.25, -0.2) is 0 Å². The molecule has 0 radical (unpaired) electrons. The summed E-state index contributed by atoms with van der Waals surface area (Å²) in [6.45, 7) is 2.01. The zero-order valence-corrected chi connectivity index (χ0v) is 8.57. The molecule has 0 bridgehead atoms. The minimum absolute atomic E-state index is 0.263. The van der Waals surface area contributed by atoms with Crippen LogP contribution in [0.25, 0.3) is 0 Å². The standard InChI is InChI=1S/C7H13NO2S2/c1-4(11)2-6-8-5(3-12-6)7(9)10/h4-6,8,11H,2-3H2,1H3,(H,9,10). The fraction of sp³-hybridized carbons (Fsp3) is 0.857. The van der Waals surface area contributed by atoms with E-state index in [1.165, 1.54) is 0 Å². The molecule has 1 aliphatic heterocycles. The van der Waals surface area contributed by atoms with Gasteiger partial charge in [0.1, 0.15) is 6.04 Å². The van der Waals surface area contributed by atoms with E-state index in [0.29, 0.717) is 11.0 Å². The van der Waals surface area contributed by atoms with E-state index in [0.717, 1.165) is 6.42 Å². The molecular weight excluding hydrogens is 194 g/mol. The Kier molecular flexibility index (Phi) is 3.74. The van der Waals surface area contributed by atoms with Gasteiger partial charge in [-0.3, -0.25) is 10.1 Å². The van der Waals surface area contributed by atoms with Crippen molar-refractivity contribution in [2.24, 2.45) is 0 Å². The molecule has 0 spiro atoms. The van der Waals surface area contributed by atoms with Gasteiger partial charge >= 0.3 is 5.97 Å². The van der Waals surface area contributed by atoms with Crippen LogP contribution in [0.4, 0.5) is 0 Å². The van der Waals surface area contributed by atoms with Crippen molar-refractivity contribution in [3.05, 3.63) is 0 Å². The van der Waals surface area contributed by atoms with Crippen LogP contribution < -0.4 is 5.32 Å². The largest absolute Gasteiger partial charge is 0.480 e. The Morgan fingerprint density at radius 3 is 3.00 bits per heavy atom. The lowest BCUT2D eigenvalue weighted by Gasteiger charge is -2.12.